The topological polar surface area (TPSA) is 66.2 Å². The number of aromatic nitrogens is 2. The second kappa shape index (κ2) is 6.00. The van der Waals surface area contributed by atoms with E-state index in [1.54, 1.807) is 12.4 Å². The Balaban J connectivity index is 1.82. The Morgan fingerprint density at radius 3 is 1.46 bits per heavy atom. The third-order valence-electron chi connectivity index (χ3n) is 4.27. The summed E-state index contributed by atoms with van der Waals surface area (Å²) in [5.41, 5.74) is 0.908. The summed E-state index contributed by atoms with van der Waals surface area (Å²) in [6.07, 6.45) is 0.970. The Hall–Kier alpha value is -2.82. The van der Waals surface area contributed by atoms with Gasteiger partial charge in [0, 0.05) is 23.2 Å². The molecule has 0 saturated carbocycles. The van der Waals surface area contributed by atoms with E-state index < -0.39 is 12.2 Å². The largest absolute Gasteiger partial charge is 0.384 e. The summed E-state index contributed by atoms with van der Waals surface area (Å²) in [4.78, 5) is 8.59. The van der Waals surface area contributed by atoms with Crippen molar-refractivity contribution in [3.63, 3.8) is 0 Å². The van der Waals surface area contributed by atoms with Crippen LogP contribution in [-0.2, 0) is 0 Å². The maximum atomic E-state index is 10.7. The molecule has 4 nitrogen and oxygen atoms in total. The standard InChI is InChI=1S/C20H16N2O2/c23-19(17-15-7-3-1-5-13(15)9-11-21-17)20(24)18-16-8-4-2-6-14(16)10-12-22-18/h1-12,19-20,23-24H/t19-,20-/m0/s1. The lowest BCUT2D eigenvalue weighted by atomic mass is 9.98. The van der Waals surface area contributed by atoms with E-state index >= 15 is 0 Å². The quantitative estimate of drug-likeness (QED) is 0.606. The van der Waals surface area contributed by atoms with Crippen molar-refractivity contribution in [2.24, 2.45) is 0 Å². The number of fused-ring (bicyclic) bond motifs is 2. The molecule has 0 saturated heterocycles. The normalized spacial score (nSPS) is 13.9. The number of hydrogen-bond acceptors (Lipinski definition) is 4. The Morgan fingerprint density at radius 1 is 0.583 bits per heavy atom. The SMILES string of the molecule is O[C@@H](c1nccc2ccccc12)[C@@H](O)c1nccc2ccccc12. The highest BCUT2D eigenvalue weighted by atomic mass is 16.3. The van der Waals surface area contributed by atoms with Gasteiger partial charge in [0.2, 0.25) is 0 Å². The highest BCUT2D eigenvalue weighted by molar-refractivity contribution is 5.86. The predicted octanol–water partition coefficient (Wildman–Crippen LogP) is 3.55. The fourth-order valence-corrected chi connectivity index (χ4v) is 3.06. The molecule has 4 aromatic rings. The lowest BCUT2D eigenvalue weighted by Crippen LogP contribution is -2.14. The molecule has 2 aromatic carbocycles. The molecule has 2 atom stereocenters. The number of nitrogens with zero attached hydrogens (tertiary/aromatic N) is 2. The van der Waals surface area contributed by atoms with E-state index in [1.165, 1.54) is 0 Å². The number of pyridine rings is 2. The van der Waals surface area contributed by atoms with E-state index in [2.05, 4.69) is 9.97 Å². The molecule has 0 spiro atoms. The van der Waals surface area contributed by atoms with Crippen molar-refractivity contribution in [2.45, 2.75) is 12.2 Å². The van der Waals surface area contributed by atoms with E-state index in [0.717, 1.165) is 21.5 Å². The number of benzene rings is 2. The van der Waals surface area contributed by atoms with Gasteiger partial charge < -0.3 is 10.2 Å². The van der Waals surface area contributed by atoms with Crippen LogP contribution in [0.4, 0.5) is 0 Å². The lowest BCUT2D eigenvalue weighted by molar-refractivity contribution is 0.0140. The zero-order chi connectivity index (χ0) is 16.5. The monoisotopic (exact) mass is 316 g/mol. The van der Waals surface area contributed by atoms with E-state index in [1.807, 2.05) is 60.7 Å². The van der Waals surface area contributed by atoms with Gasteiger partial charge in [-0.3, -0.25) is 9.97 Å². The zero-order valence-electron chi connectivity index (χ0n) is 12.9. The fraction of sp³-hybridized carbons (Fsp3) is 0.100. The number of aliphatic hydroxyl groups is 2. The Bertz CT molecular complexity index is 922. The number of aliphatic hydroxyl groups excluding tert-OH is 2. The van der Waals surface area contributed by atoms with Crippen LogP contribution in [0.2, 0.25) is 0 Å². The van der Waals surface area contributed by atoms with Crippen molar-refractivity contribution in [2.75, 3.05) is 0 Å². The van der Waals surface area contributed by atoms with Gasteiger partial charge in [-0.15, -0.1) is 0 Å². The van der Waals surface area contributed by atoms with Crippen molar-refractivity contribution in [3.05, 3.63) is 84.4 Å². The molecule has 0 unspecified atom stereocenters. The molecule has 2 N–H and O–H groups in total. The summed E-state index contributed by atoms with van der Waals surface area (Å²) in [5, 5.41) is 25.1. The summed E-state index contributed by atoms with van der Waals surface area (Å²) in [6, 6.07) is 19.1. The minimum absolute atomic E-state index is 0.454. The molecule has 2 heterocycles. The second-order valence-corrected chi connectivity index (χ2v) is 5.72. The van der Waals surface area contributed by atoms with Crippen LogP contribution in [0.25, 0.3) is 21.5 Å². The Kier molecular flexibility index (Phi) is 3.69. The van der Waals surface area contributed by atoms with Crippen molar-refractivity contribution in [1.82, 2.24) is 9.97 Å². The minimum Gasteiger partial charge on any atom is -0.384 e. The van der Waals surface area contributed by atoms with Crippen LogP contribution in [0.3, 0.4) is 0 Å². The lowest BCUT2D eigenvalue weighted by Gasteiger charge is -2.19. The molecule has 4 rings (SSSR count). The molecule has 0 amide bonds. The van der Waals surface area contributed by atoms with Crippen molar-refractivity contribution >= 4 is 21.5 Å². The maximum Gasteiger partial charge on any atom is 0.128 e. The molecule has 4 heteroatoms. The predicted molar refractivity (Wildman–Crippen MR) is 93.4 cm³/mol. The van der Waals surface area contributed by atoms with Crippen LogP contribution in [0, 0.1) is 0 Å². The third kappa shape index (κ3) is 2.42. The maximum absolute atomic E-state index is 10.7. The molecule has 0 aliphatic rings. The molecule has 0 bridgehead atoms. The van der Waals surface area contributed by atoms with Gasteiger partial charge in [0.1, 0.15) is 12.2 Å². The number of hydrogen-bond donors (Lipinski definition) is 2. The molecule has 0 fully saturated rings. The van der Waals surface area contributed by atoms with E-state index in [0.29, 0.717) is 11.4 Å². The van der Waals surface area contributed by atoms with E-state index in [-0.39, 0.29) is 0 Å². The molecule has 2 aromatic heterocycles. The summed E-state index contributed by atoms with van der Waals surface area (Å²) < 4.78 is 0. The third-order valence-corrected chi connectivity index (χ3v) is 4.27. The molecule has 0 aliphatic heterocycles. The first kappa shape index (κ1) is 14.8. The van der Waals surface area contributed by atoms with Gasteiger partial charge >= 0.3 is 0 Å². The van der Waals surface area contributed by atoms with Gasteiger partial charge in [0.25, 0.3) is 0 Å². The second-order valence-electron chi connectivity index (χ2n) is 5.72. The fourth-order valence-electron chi connectivity index (χ4n) is 3.06. The molecular weight excluding hydrogens is 300 g/mol. The van der Waals surface area contributed by atoms with E-state index in [4.69, 9.17) is 0 Å². The van der Waals surface area contributed by atoms with Gasteiger partial charge in [-0.05, 0) is 22.9 Å². The molecule has 0 aliphatic carbocycles. The van der Waals surface area contributed by atoms with Gasteiger partial charge in [-0.2, -0.15) is 0 Å². The smallest absolute Gasteiger partial charge is 0.128 e. The summed E-state index contributed by atoms with van der Waals surface area (Å²) in [6.45, 7) is 0. The Labute approximate surface area is 139 Å². The minimum atomic E-state index is -1.16. The van der Waals surface area contributed by atoms with Crippen molar-refractivity contribution < 1.29 is 10.2 Å². The van der Waals surface area contributed by atoms with Crippen LogP contribution >= 0.6 is 0 Å². The highest BCUT2D eigenvalue weighted by Gasteiger charge is 2.25. The highest BCUT2D eigenvalue weighted by Crippen LogP contribution is 2.33. The summed E-state index contributed by atoms with van der Waals surface area (Å²) >= 11 is 0. The molecular formula is C20H16N2O2. The number of rotatable bonds is 3. The molecule has 0 radical (unpaired) electrons. The first-order valence-corrected chi connectivity index (χ1v) is 7.79. The average Bonchev–Trinajstić information content (AvgIpc) is 2.66. The average molecular weight is 316 g/mol. The van der Waals surface area contributed by atoms with Gasteiger partial charge in [0.15, 0.2) is 0 Å². The molecule has 118 valence electrons. The zero-order valence-corrected chi connectivity index (χ0v) is 12.9. The molecule has 24 heavy (non-hydrogen) atoms. The first-order chi connectivity index (χ1) is 11.8. The van der Waals surface area contributed by atoms with Crippen LogP contribution in [-0.4, -0.2) is 20.2 Å². The van der Waals surface area contributed by atoms with Crippen molar-refractivity contribution in [3.8, 4) is 0 Å². The van der Waals surface area contributed by atoms with Crippen molar-refractivity contribution in [1.29, 1.82) is 0 Å². The van der Waals surface area contributed by atoms with Crippen LogP contribution in [0.1, 0.15) is 23.6 Å². The summed E-state index contributed by atoms with van der Waals surface area (Å²) in [5.74, 6) is 0. The van der Waals surface area contributed by atoms with Gasteiger partial charge in [-0.25, -0.2) is 0 Å². The van der Waals surface area contributed by atoms with Crippen LogP contribution in [0.5, 0.6) is 0 Å². The van der Waals surface area contributed by atoms with Gasteiger partial charge in [-0.1, -0.05) is 48.5 Å². The van der Waals surface area contributed by atoms with Gasteiger partial charge in [0.05, 0.1) is 11.4 Å². The van der Waals surface area contributed by atoms with Crippen LogP contribution < -0.4 is 0 Å². The van der Waals surface area contributed by atoms with E-state index in [9.17, 15) is 10.2 Å². The first-order valence-electron chi connectivity index (χ1n) is 7.79. The Morgan fingerprint density at radius 2 is 1.00 bits per heavy atom. The summed E-state index contributed by atoms with van der Waals surface area (Å²) in [7, 11) is 0. The van der Waals surface area contributed by atoms with Crippen LogP contribution in [0.15, 0.2) is 73.1 Å².